The van der Waals surface area contributed by atoms with E-state index in [4.69, 9.17) is 9.47 Å². The van der Waals surface area contributed by atoms with E-state index in [0.717, 1.165) is 6.42 Å². The molecule has 1 unspecified atom stereocenters. The van der Waals surface area contributed by atoms with Crippen LogP contribution in [-0.2, 0) is 10.0 Å². The molecule has 0 fully saturated rings. The third-order valence-electron chi connectivity index (χ3n) is 3.79. The van der Waals surface area contributed by atoms with E-state index in [-0.39, 0.29) is 16.8 Å². The average Bonchev–Trinajstić information content (AvgIpc) is 3.09. The Hall–Kier alpha value is -2.29. The maximum absolute atomic E-state index is 12.7. The summed E-state index contributed by atoms with van der Waals surface area (Å²) >= 11 is 0. The van der Waals surface area contributed by atoms with E-state index >= 15 is 0 Å². The lowest BCUT2D eigenvalue weighted by atomic mass is 10.1. The second-order valence-corrected chi connectivity index (χ2v) is 7.12. The van der Waals surface area contributed by atoms with Crippen molar-refractivity contribution in [1.29, 1.82) is 0 Å². The molecule has 25 heavy (non-hydrogen) atoms. The molecule has 0 radical (unpaired) electrons. The normalized spacial score (nSPS) is 17.7. The SMILES string of the molecule is CCN=C(NS(=O)(=O)c1ccc(OC)c(OC)c1)N1CC(CC)C=N1. The number of nitrogens with one attached hydrogen (secondary N) is 1. The van der Waals surface area contributed by atoms with Crippen molar-refractivity contribution >= 4 is 22.2 Å². The van der Waals surface area contributed by atoms with Crippen LogP contribution in [0.25, 0.3) is 0 Å². The molecule has 1 atom stereocenters. The second-order valence-electron chi connectivity index (χ2n) is 5.44. The quantitative estimate of drug-likeness (QED) is 0.609. The molecule has 0 spiro atoms. The number of sulfonamides is 1. The standard InChI is InChI=1S/C16H24N4O4S/c1-5-12-10-18-20(11-12)16(17-6-2)19-25(21,22)13-7-8-14(23-3)15(9-13)24-4/h7-10,12H,5-6,11H2,1-4H3,(H,17,19). The molecule has 2 rings (SSSR count). The van der Waals surface area contributed by atoms with Gasteiger partial charge >= 0.3 is 0 Å². The lowest BCUT2D eigenvalue weighted by Crippen LogP contribution is -2.41. The lowest BCUT2D eigenvalue weighted by molar-refractivity contribution is 0.354. The summed E-state index contributed by atoms with van der Waals surface area (Å²) in [5.41, 5.74) is 0. The van der Waals surface area contributed by atoms with Gasteiger partial charge in [0.25, 0.3) is 10.0 Å². The smallest absolute Gasteiger partial charge is 0.264 e. The number of aliphatic imine (C=N–C) groups is 1. The number of benzene rings is 1. The van der Waals surface area contributed by atoms with Crippen LogP contribution in [0.2, 0.25) is 0 Å². The van der Waals surface area contributed by atoms with Gasteiger partial charge in [0, 0.05) is 24.7 Å². The summed E-state index contributed by atoms with van der Waals surface area (Å²) in [7, 11) is -0.887. The van der Waals surface area contributed by atoms with Crippen molar-refractivity contribution in [2.45, 2.75) is 25.2 Å². The van der Waals surface area contributed by atoms with E-state index in [1.54, 1.807) is 11.1 Å². The number of methoxy groups -OCH3 is 2. The molecule has 9 heteroatoms. The van der Waals surface area contributed by atoms with E-state index in [9.17, 15) is 8.42 Å². The second kappa shape index (κ2) is 8.19. The molecule has 1 aliphatic heterocycles. The van der Waals surface area contributed by atoms with Gasteiger partial charge in [-0.25, -0.2) is 18.1 Å². The highest BCUT2D eigenvalue weighted by Gasteiger charge is 2.25. The number of hydrogen-bond acceptors (Lipinski definition) is 6. The van der Waals surface area contributed by atoms with Crippen molar-refractivity contribution in [2.75, 3.05) is 27.3 Å². The Labute approximate surface area is 148 Å². The molecule has 1 aliphatic rings. The maximum Gasteiger partial charge on any atom is 0.264 e. The van der Waals surface area contributed by atoms with Crippen LogP contribution in [0.5, 0.6) is 11.5 Å². The highest BCUT2D eigenvalue weighted by atomic mass is 32.2. The summed E-state index contributed by atoms with van der Waals surface area (Å²) < 4.78 is 38.3. The van der Waals surface area contributed by atoms with Gasteiger partial charge < -0.3 is 9.47 Å². The molecule has 138 valence electrons. The molecule has 0 saturated carbocycles. The third kappa shape index (κ3) is 4.41. The molecule has 0 aromatic heterocycles. The minimum Gasteiger partial charge on any atom is -0.493 e. The number of ether oxygens (including phenoxy) is 2. The highest BCUT2D eigenvalue weighted by Crippen LogP contribution is 2.29. The zero-order chi connectivity index (χ0) is 18.4. The molecule has 0 amide bonds. The summed E-state index contributed by atoms with van der Waals surface area (Å²) in [5, 5.41) is 5.83. The van der Waals surface area contributed by atoms with Crippen molar-refractivity contribution < 1.29 is 17.9 Å². The zero-order valence-corrected chi connectivity index (χ0v) is 15.7. The Morgan fingerprint density at radius 3 is 2.60 bits per heavy atom. The highest BCUT2D eigenvalue weighted by molar-refractivity contribution is 7.90. The van der Waals surface area contributed by atoms with Crippen LogP contribution < -0.4 is 14.2 Å². The summed E-state index contributed by atoms with van der Waals surface area (Å²) in [6.45, 7) is 4.93. The Morgan fingerprint density at radius 2 is 2.04 bits per heavy atom. The van der Waals surface area contributed by atoms with Crippen molar-refractivity contribution in [1.82, 2.24) is 9.73 Å². The molecule has 0 bridgehead atoms. The van der Waals surface area contributed by atoms with Crippen molar-refractivity contribution in [2.24, 2.45) is 16.0 Å². The molecule has 1 aromatic rings. The predicted molar refractivity (Wildman–Crippen MR) is 96.8 cm³/mol. The van der Waals surface area contributed by atoms with Crippen LogP contribution in [0.3, 0.4) is 0 Å². The minimum atomic E-state index is -3.83. The van der Waals surface area contributed by atoms with Gasteiger partial charge in [0.05, 0.1) is 25.7 Å². The number of guanidine groups is 1. The van der Waals surface area contributed by atoms with Gasteiger partial charge in [-0.15, -0.1) is 0 Å². The minimum absolute atomic E-state index is 0.0594. The Kier molecular flexibility index (Phi) is 6.24. The van der Waals surface area contributed by atoms with E-state index in [1.165, 1.54) is 26.4 Å². The summed E-state index contributed by atoms with van der Waals surface area (Å²) in [5.74, 6) is 1.29. The van der Waals surface area contributed by atoms with E-state index in [1.807, 2.05) is 13.1 Å². The fourth-order valence-corrected chi connectivity index (χ4v) is 3.38. The Bertz CT molecular complexity index is 761. The predicted octanol–water partition coefficient (Wildman–Crippen LogP) is 1.69. The van der Waals surface area contributed by atoms with Gasteiger partial charge in [-0.2, -0.15) is 5.10 Å². The third-order valence-corrected chi connectivity index (χ3v) is 5.12. The molecule has 8 nitrogen and oxygen atoms in total. The topological polar surface area (TPSA) is 92.6 Å². The van der Waals surface area contributed by atoms with Gasteiger partial charge in [-0.3, -0.25) is 4.99 Å². The van der Waals surface area contributed by atoms with Crippen LogP contribution in [0.15, 0.2) is 33.2 Å². The number of rotatable bonds is 6. The number of nitrogens with zero attached hydrogens (tertiary/aromatic N) is 3. The van der Waals surface area contributed by atoms with Crippen LogP contribution >= 0.6 is 0 Å². The molecule has 0 saturated heterocycles. The van der Waals surface area contributed by atoms with Gasteiger partial charge in [0.1, 0.15) is 0 Å². The first kappa shape index (κ1) is 19.0. The average molecular weight is 368 g/mol. The fourth-order valence-electron chi connectivity index (χ4n) is 2.35. The van der Waals surface area contributed by atoms with Gasteiger partial charge in [-0.05, 0) is 25.5 Å². The first-order chi connectivity index (χ1) is 11.9. The molecule has 1 heterocycles. The Balaban J connectivity index is 2.26. The van der Waals surface area contributed by atoms with Crippen molar-refractivity contribution in [3.05, 3.63) is 18.2 Å². The molecule has 1 N–H and O–H groups in total. The first-order valence-corrected chi connectivity index (χ1v) is 9.54. The van der Waals surface area contributed by atoms with Crippen LogP contribution in [-0.4, -0.2) is 52.9 Å². The molecular formula is C16H24N4O4S. The van der Waals surface area contributed by atoms with Crippen LogP contribution in [0, 0.1) is 5.92 Å². The van der Waals surface area contributed by atoms with Crippen molar-refractivity contribution in [3.8, 4) is 11.5 Å². The van der Waals surface area contributed by atoms with Crippen LogP contribution in [0.4, 0.5) is 0 Å². The summed E-state index contributed by atoms with van der Waals surface area (Å²) in [4.78, 5) is 4.30. The number of hydrazone groups is 1. The maximum atomic E-state index is 12.7. The summed E-state index contributed by atoms with van der Waals surface area (Å²) in [6.07, 6.45) is 2.75. The largest absolute Gasteiger partial charge is 0.493 e. The van der Waals surface area contributed by atoms with Gasteiger partial charge in [-0.1, -0.05) is 6.92 Å². The van der Waals surface area contributed by atoms with E-state index in [2.05, 4.69) is 21.7 Å². The monoisotopic (exact) mass is 368 g/mol. The number of hydrogen-bond donors (Lipinski definition) is 1. The molecular weight excluding hydrogens is 344 g/mol. The Morgan fingerprint density at radius 1 is 1.32 bits per heavy atom. The van der Waals surface area contributed by atoms with E-state index < -0.39 is 10.0 Å². The van der Waals surface area contributed by atoms with Crippen molar-refractivity contribution in [3.63, 3.8) is 0 Å². The first-order valence-electron chi connectivity index (χ1n) is 8.06. The summed E-state index contributed by atoms with van der Waals surface area (Å²) in [6, 6.07) is 4.41. The zero-order valence-electron chi connectivity index (χ0n) is 14.9. The molecule has 1 aromatic carbocycles. The lowest BCUT2D eigenvalue weighted by Gasteiger charge is -2.19. The molecule has 0 aliphatic carbocycles. The fraction of sp³-hybridized carbons (Fsp3) is 0.500. The van der Waals surface area contributed by atoms with Gasteiger partial charge in [0.2, 0.25) is 5.96 Å². The van der Waals surface area contributed by atoms with Crippen LogP contribution in [0.1, 0.15) is 20.3 Å². The van der Waals surface area contributed by atoms with Gasteiger partial charge in [0.15, 0.2) is 11.5 Å². The van der Waals surface area contributed by atoms with E-state index in [0.29, 0.717) is 24.6 Å².